The summed E-state index contributed by atoms with van der Waals surface area (Å²) in [5.74, 6) is 0.0869. The van der Waals surface area contributed by atoms with Crippen molar-refractivity contribution in [3.8, 4) is 0 Å². The van der Waals surface area contributed by atoms with E-state index in [-0.39, 0.29) is 24.2 Å². The highest BCUT2D eigenvalue weighted by atomic mass is 16.6. The Kier molecular flexibility index (Phi) is 1.68. The number of para-hydroxylation sites is 1. The quantitative estimate of drug-likeness (QED) is 0.603. The van der Waals surface area contributed by atoms with Crippen molar-refractivity contribution in [2.24, 2.45) is 0 Å². The van der Waals surface area contributed by atoms with Crippen LogP contribution in [0.3, 0.4) is 0 Å². The van der Waals surface area contributed by atoms with Crippen molar-refractivity contribution in [1.29, 1.82) is 0 Å². The van der Waals surface area contributed by atoms with Gasteiger partial charge < -0.3 is 9.64 Å². The van der Waals surface area contributed by atoms with Gasteiger partial charge in [-0.25, -0.2) is 0 Å². The third-order valence-corrected chi connectivity index (χ3v) is 3.25. The van der Waals surface area contributed by atoms with E-state index in [9.17, 15) is 4.79 Å². The summed E-state index contributed by atoms with van der Waals surface area (Å²) in [6.07, 6.45) is 0.413. The van der Waals surface area contributed by atoms with Crippen molar-refractivity contribution < 1.29 is 9.53 Å². The molecule has 1 fully saturated rings. The third-order valence-electron chi connectivity index (χ3n) is 3.25. The molecule has 0 spiro atoms. The fourth-order valence-electron chi connectivity index (χ4n) is 2.51. The van der Waals surface area contributed by atoms with Gasteiger partial charge in [-0.15, -0.1) is 0 Å². The predicted molar refractivity (Wildman–Crippen MR) is 56.7 cm³/mol. The van der Waals surface area contributed by atoms with Crippen LogP contribution in [-0.4, -0.2) is 18.1 Å². The molecule has 1 saturated heterocycles. The highest BCUT2D eigenvalue weighted by molar-refractivity contribution is 5.94. The highest BCUT2D eigenvalue weighted by Crippen LogP contribution is 2.50. The molecule has 0 aliphatic carbocycles. The minimum absolute atomic E-state index is 0.0869. The molecule has 0 radical (unpaired) electrons. The van der Waals surface area contributed by atoms with Crippen molar-refractivity contribution in [3.63, 3.8) is 0 Å². The summed E-state index contributed by atoms with van der Waals surface area (Å²) in [5, 5.41) is 0. The Morgan fingerprint density at radius 3 is 2.87 bits per heavy atom. The number of amides is 1. The summed E-state index contributed by atoms with van der Waals surface area (Å²) >= 11 is 0. The molecule has 1 aromatic rings. The van der Waals surface area contributed by atoms with E-state index in [4.69, 9.17) is 4.74 Å². The van der Waals surface area contributed by atoms with Crippen LogP contribution in [0.5, 0.6) is 0 Å². The lowest BCUT2D eigenvalue weighted by molar-refractivity contribution is -0.117. The highest BCUT2D eigenvalue weighted by Gasteiger charge is 2.52. The number of anilines is 1. The van der Waals surface area contributed by atoms with Crippen LogP contribution in [0.4, 0.5) is 5.69 Å². The van der Waals surface area contributed by atoms with Gasteiger partial charge in [0.1, 0.15) is 12.2 Å². The van der Waals surface area contributed by atoms with Crippen molar-refractivity contribution in [1.82, 2.24) is 0 Å². The molecule has 3 atom stereocenters. The Bertz CT molecular complexity index is 429. The van der Waals surface area contributed by atoms with Gasteiger partial charge in [0.25, 0.3) is 0 Å². The zero-order valence-electron chi connectivity index (χ0n) is 8.81. The molecule has 3 rings (SSSR count). The van der Waals surface area contributed by atoms with Crippen molar-refractivity contribution >= 4 is 11.6 Å². The topological polar surface area (TPSA) is 32.8 Å². The summed E-state index contributed by atoms with van der Waals surface area (Å²) < 4.78 is 5.60. The van der Waals surface area contributed by atoms with E-state index in [1.807, 2.05) is 36.1 Å². The van der Waals surface area contributed by atoms with E-state index in [1.54, 1.807) is 6.92 Å². The van der Waals surface area contributed by atoms with E-state index >= 15 is 0 Å². The number of nitrogens with zero attached hydrogens (tertiary/aromatic N) is 1. The fourth-order valence-corrected chi connectivity index (χ4v) is 2.51. The average Bonchev–Trinajstić information content (AvgIpc) is 2.97. The molecule has 0 bridgehead atoms. The standard InChI is InChI=1S/C12H13NO2/c1-7-11-12(15-11)9-5-3-4-6-10(9)13(7)8(2)14/h3-7,11-12H,1-2H3/t7-,11-,12-/m0/s1. The molecule has 78 valence electrons. The molecule has 2 aliphatic heterocycles. The number of fused-ring (bicyclic) bond motifs is 3. The first-order valence-corrected chi connectivity index (χ1v) is 5.24. The number of rotatable bonds is 0. The first-order valence-electron chi connectivity index (χ1n) is 5.24. The molecule has 2 aliphatic rings. The normalized spacial score (nSPS) is 31.9. The number of benzene rings is 1. The maximum atomic E-state index is 11.6. The molecule has 0 aromatic heterocycles. The summed E-state index contributed by atoms with van der Waals surface area (Å²) in [5.41, 5.74) is 2.16. The number of carbonyl (C=O) groups is 1. The van der Waals surface area contributed by atoms with Gasteiger partial charge in [-0.2, -0.15) is 0 Å². The van der Waals surface area contributed by atoms with Gasteiger partial charge >= 0.3 is 0 Å². The Hall–Kier alpha value is -1.35. The van der Waals surface area contributed by atoms with Gasteiger partial charge in [0.2, 0.25) is 5.91 Å². The lowest BCUT2D eigenvalue weighted by Gasteiger charge is -2.31. The van der Waals surface area contributed by atoms with Gasteiger partial charge in [-0.05, 0) is 13.0 Å². The minimum atomic E-state index is 0.0869. The Morgan fingerprint density at radius 2 is 2.13 bits per heavy atom. The molecule has 3 heteroatoms. The second-order valence-electron chi connectivity index (χ2n) is 4.21. The largest absolute Gasteiger partial charge is 0.362 e. The average molecular weight is 203 g/mol. The van der Waals surface area contributed by atoms with E-state index in [1.165, 1.54) is 0 Å². The van der Waals surface area contributed by atoms with E-state index in [2.05, 4.69) is 0 Å². The van der Waals surface area contributed by atoms with Crippen LogP contribution in [0.25, 0.3) is 0 Å². The monoisotopic (exact) mass is 203 g/mol. The fraction of sp³-hybridized carbons (Fsp3) is 0.417. The molecule has 3 nitrogen and oxygen atoms in total. The van der Waals surface area contributed by atoms with Crippen molar-refractivity contribution in [2.75, 3.05) is 4.90 Å². The smallest absolute Gasteiger partial charge is 0.224 e. The maximum Gasteiger partial charge on any atom is 0.224 e. The Balaban J connectivity index is 2.14. The van der Waals surface area contributed by atoms with Gasteiger partial charge in [0.15, 0.2) is 0 Å². The molecule has 15 heavy (non-hydrogen) atoms. The molecule has 0 N–H and O–H groups in total. The van der Waals surface area contributed by atoms with Crippen LogP contribution in [0.15, 0.2) is 24.3 Å². The second kappa shape index (κ2) is 2.83. The van der Waals surface area contributed by atoms with E-state index in [0.717, 1.165) is 11.3 Å². The van der Waals surface area contributed by atoms with Crippen LogP contribution >= 0.6 is 0 Å². The minimum Gasteiger partial charge on any atom is -0.362 e. The lowest BCUT2D eigenvalue weighted by Crippen LogP contribution is -2.43. The third kappa shape index (κ3) is 1.13. The zero-order chi connectivity index (χ0) is 10.6. The van der Waals surface area contributed by atoms with Crippen molar-refractivity contribution in [2.45, 2.75) is 32.1 Å². The summed E-state index contributed by atoms with van der Waals surface area (Å²) in [7, 11) is 0. The number of hydrogen-bond donors (Lipinski definition) is 0. The molecule has 2 heterocycles. The van der Waals surface area contributed by atoms with Gasteiger partial charge in [0, 0.05) is 18.2 Å². The van der Waals surface area contributed by atoms with Crippen LogP contribution < -0.4 is 4.90 Å². The van der Waals surface area contributed by atoms with Crippen LogP contribution in [0.2, 0.25) is 0 Å². The lowest BCUT2D eigenvalue weighted by atomic mass is 9.97. The van der Waals surface area contributed by atoms with E-state index < -0.39 is 0 Å². The second-order valence-corrected chi connectivity index (χ2v) is 4.21. The van der Waals surface area contributed by atoms with Gasteiger partial charge in [0.05, 0.1) is 6.04 Å². The van der Waals surface area contributed by atoms with E-state index in [0.29, 0.717) is 0 Å². The Labute approximate surface area is 88.6 Å². The number of hydrogen-bond acceptors (Lipinski definition) is 2. The zero-order valence-corrected chi connectivity index (χ0v) is 8.81. The molecule has 0 unspecified atom stereocenters. The number of ether oxygens (including phenoxy) is 1. The number of epoxide rings is 1. The predicted octanol–water partition coefficient (Wildman–Crippen LogP) is 1.88. The summed E-state index contributed by atoms with van der Waals surface area (Å²) in [4.78, 5) is 13.4. The molecule has 0 saturated carbocycles. The molecular formula is C12H13NO2. The van der Waals surface area contributed by atoms with Crippen LogP contribution in [0.1, 0.15) is 25.5 Å². The molecule has 1 amide bonds. The SMILES string of the molecule is CC(=O)N1c2ccccc2[C@@H]2O[C@H]2[C@@H]1C. The van der Waals surface area contributed by atoms with Crippen LogP contribution in [0, 0.1) is 0 Å². The van der Waals surface area contributed by atoms with Crippen molar-refractivity contribution in [3.05, 3.63) is 29.8 Å². The Morgan fingerprint density at radius 1 is 1.40 bits per heavy atom. The van der Waals surface area contributed by atoms with Gasteiger partial charge in [-0.3, -0.25) is 4.79 Å². The van der Waals surface area contributed by atoms with Gasteiger partial charge in [-0.1, -0.05) is 18.2 Å². The summed E-state index contributed by atoms with van der Waals surface area (Å²) in [6, 6.07) is 8.14. The number of carbonyl (C=O) groups excluding carboxylic acids is 1. The molecule has 1 aromatic carbocycles. The first kappa shape index (κ1) is 8.92. The summed E-state index contributed by atoms with van der Waals surface area (Å²) in [6.45, 7) is 3.65. The first-order chi connectivity index (χ1) is 7.20. The molecular weight excluding hydrogens is 190 g/mol. The maximum absolute atomic E-state index is 11.6. The van der Waals surface area contributed by atoms with Crippen LogP contribution in [-0.2, 0) is 9.53 Å².